The Morgan fingerprint density at radius 3 is 1.90 bits per heavy atom. The van der Waals surface area contributed by atoms with Gasteiger partial charge in [0.05, 0.1) is 18.0 Å². The van der Waals surface area contributed by atoms with E-state index in [2.05, 4.69) is 37.0 Å². The van der Waals surface area contributed by atoms with Crippen molar-refractivity contribution in [2.75, 3.05) is 0 Å². The summed E-state index contributed by atoms with van der Waals surface area (Å²) >= 11 is 0. The van der Waals surface area contributed by atoms with Gasteiger partial charge in [0.2, 0.25) is 0 Å². The van der Waals surface area contributed by atoms with Gasteiger partial charge in [0, 0.05) is 32.7 Å². The summed E-state index contributed by atoms with van der Waals surface area (Å²) in [6, 6.07) is 40.2. The van der Waals surface area contributed by atoms with Crippen LogP contribution in [0.5, 0.6) is 11.5 Å². The molecule has 0 bridgehead atoms. The number of rotatable bonds is 5. The van der Waals surface area contributed by atoms with E-state index in [0.717, 1.165) is 39.4 Å². The van der Waals surface area contributed by atoms with Gasteiger partial charge in [0.25, 0.3) is 0 Å². The molecule has 5 heteroatoms. The minimum Gasteiger partial charge on any atom is -0.476 e. The van der Waals surface area contributed by atoms with Crippen LogP contribution in [0.3, 0.4) is 0 Å². The Hall–Kier alpha value is -3.60. The predicted octanol–water partition coefficient (Wildman–Crippen LogP) is 7.82. The van der Waals surface area contributed by atoms with Crippen molar-refractivity contribution in [2.45, 2.75) is 37.9 Å². The number of fused-ring (bicyclic) bond motifs is 2. The molecule has 1 aromatic heterocycles. The van der Waals surface area contributed by atoms with Crippen LogP contribution in [0.2, 0.25) is 0 Å². The molecule has 2 N–H and O–H groups in total. The maximum absolute atomic E-state index is 9.99. The van der Waals surface area contributed by atoms with E-state index < -0.39 is 12.2 Å². The Bertz CT molecular complexity index is 1460. The summed E-state index contributed by atoms with van der Waals surface area (Å²) in [5.41, 5.74) is 5.79. The van der Waals surface area contributed by atoms with Crippen LogP contribution in [0.1, 0.15) is 54.7 Å². The molecule has 2 heterocycles. The van der Waals surface area contributed by atoms with E-state index in [0.29, 0.717) is 6.42 Å². The van der Waals surface area contributed by atoms with Gasteiger partial charge in [0.1, 0.15) is 5.75 Å². The first-order valence-electron chi connectivity index (χ1n) is 13.1. The summed E-state index contributed by atoms with van der Waals surface area (Å²) in [4.78, 5) is 4.49. The third kappa shape index (κ3) is 6.41. The van der Waals surface area contributed by atoms with Crippen molar-refractivity contribution >= 4 is 0 Å². The SMILES string of the molecule is CC1(C)c2ccccc2Oc2cc[c-]c(-c3ccccn3)c21.OC(CC(O)c1ccccc1)c1ccccc1.[Ir]. The molecule has 205 valence electrons. The summed E-state index contributed by atoms with van der Waals surface area (Å²) < 4.78 is 6.13. The second-order valence-corrected chi connectivity index (χ2v) is 10.1. The second kappa shape index (κ2) is 13.2. The van der Waals surface area contributed by atoms with E-state index in [1.165, 1.54) is 5.56 Å². The number of nitrogens with zero attached hydrogens (tertiary/aromatic N) is 1. The standard InChI is InChI=1S/C20H16NO.C15H16O2.Ir/c1-20(2)15-9-3-4-11-17(15)22-18-12-7-8-14(19(18)20)16-10-5-6-13-21-16;16-14(12-7-3-1-4-8-12)11-15(17)13-9-5-2-6-10-13;/h3-7,9-13H,1-2H3;1-10,14-17H,11H2;/q-1;;. The third-order valence-corrected chi connectivity index (χ3v) is 7.10. The Morgan fingerprint density at radius 2 is 1.30 bits per heavy atom. The van der Waals surface area contributed by atoms with Crippen molar-refractivity contribution in [2.24, 2.45) is 0 Å². The monoisotopic (exact) mass is 707 g/mol. The smallest absolute Gasteiger partial charge is 0.128 e. The van der Waals surface area contributed by atoms with Crippen LogP contribution < -0.4 is 4.74 Å². The largest absolute Gasteiger partial charge is 0.476 e. The number of para-hydroxylation sites is 1. The van der Waals surface area contributed by atoms with Crippen LogP contribution in [-0.2, 0) is 25.5 Å². The zero-order chi connectivity index (χ0) is 27.2. The first-order valence-corrected chi connectivity index (χ1v) is 13.1. The average Bonchev–Trinajstić information content (AvgIpc) is 2.98. The molecule has 4 aromatic carbocycles. The number of aliphatic hydroxyl groups excluding tert-OH is 2. The van der Waals surface area contributed by atoms with Gasteiger partial charge < -0.3 is 19.9 Å². The third-order valence-electron chi connectivity index (χ3n) is 7.10. The van der Waals surface area contributed by atoms with Crippen molar-refractivity contribution in [3.63, 3.8) is 0 Å². The summed E-state index contributed by atoms with van der Waals surface area (Å²) in [5, 5.41) is 20.0. The van der Waals surface area contributed by atoms with Gasteiger partial charge in [-0.25, -0.2) is 0 Å². The molecule has 1 aliphatic heterocycles. The molecule has 2 atom stereocenters. The van der Waals surface area contributed by atoms with Crippen molar-refractivity contribution in [1.82, 2.24) is 4.98 Å². The molecule has 1 radical (unpaired) electrons. The summed E-state index contributed by atoms with van der Waals surface area (Å²) in [5.74, 6) is 1.82. The molecule has 0 spiro atoms. The maximum atomic E-state index is 9.99. The number of ether oxygens (including phenoxy) is 1. The predicted molar refractivity (Wildman–Crippen MR) is 155 cm³/mol. The van der Waals surface area contributed by atoms with Crippen LogP contribution in [0.25, 0.3) is 11.3 Å². The molecule has 40 heavy (non-hydrogen) atoms. The summed E-state index contributed by atoms with van der Waals surface area (Å²) in [7, 11) is 0. The molecule has 0 amide bonds. The van der Waals surface area contributed by atoms with Gasteiger partial charge in [0.15, 0.2) is 0 Å². The van der Waals surface area contributed by atoms with Crippen molar-refractivity contribution < 1.29 is 35.1 Å². The van der Waals surface area contributed by atoms with Gasteiger partial charge in [-0.1, -0.05) is 110 Å². The second-order valence-electron chi connectivity index (χ2n) is 10.1. The van der Waals surface area contributed by atoms with E-state index in [-0.39, 0.29) is 25.5 Å². The molecular weight excluding hydrogens is 675 g/mol. The fourth-order valence-electron chi connectivity index (χ4n) is 5.06. The first-order chi connectivity index (χ1) is 18.9. The van der Waals surface area contributed by atoms with Gasteiger partial charge in [-0.2, -0.15) is 0 Å². The van der Waals surface area contributed by atoms with Crippen LogP contribution in [-0.4, -0.2) is 15.2 Å². The summed E-state index contributed by atoms with van der Waals surface area (Å²) in [6.07, 6.45) is 0.860. The van der Waals surface area contributed by atoms with Crippen molar-refractivity contribution in [3.8, 4) is 22.8 Å². The Balaban J connectivity index is 0.000000187. The number of hydrogen-bond donors (Lipinski definition) is 2. The minimum absolute atomic E-state index is 0. The molecule has 0 fully saturated rings. The normalized spacial score (nSPS) is 14.1. The Kier molecular flexibility index (Phi) is 9.67. The number of aliphatic hydroxyl groups is 2. The fraction of sp³-hybridized carbons (Fsp3) is 0.171. The molecule has 6 rings (SSSR count). The Labute approximate surface area is 249 Å². The quantitative estimate of drug-likeness (QED) is 0.183. The van der Waals surface area contributed by atoms with Crippen molar-refractivity contribution in [3.05, 3.63) is 150 Å². The molecule has 1 aliphatic rings. The van der Waals surface area contributed by atoms with Gasteiger partial charge >= 0.3 is 0 Å². The molecular formula is C35H32IrNO3-. The maximum Gasteiger partial charge on any atom is 0.128 e. The van der Waals surface area contributed by atoms with Crippen LogP contribution in [0.15, 0.2) is 121 Å². The Morgan fingerprint density at radius 1 is 0.725 bits per heavy atom. The zero-order valence-electron chi connectivity index (χ0n) is 22.5. The first kappa shape index (κ1) is 29.4. The molecule has 0 saturated carbocycles. The fourth-order valence-corrected chi connectivity index (χ4v) is 5.06. The zero-order valence-corrected chi connectivity index (χ0v) is 24.9. The van der Waals surface area contributed by atoms with Crippen molar-refractivity contribution in [1.29, 1.82) is 0 Å². The molecule has 5 aromatic rings. The molecule has 2 unspecified atom stereocenters. The topological polar surface area (TPSA) is 62.6 Å². The number of pyridine rings is 1. The van der Waals surface area contributed by atoms with Crippen LogP contribution in [0.4, 0.5) is 0 Å². The molecule has 4 nitrogen and oxygen atoms in total. The van der Waals surface area contributed by atoms with E-state index in [9.17, 15) is 10.2 Å². The number of hydrogen-bond acceptors (Lipinski definition) is 4. The molecule has 0 aliphatic carbocycles. The van der Waals surface area contributed by atoms with Gasteiger partial charge in [-0.15, -0.1) is 23.8 Å². The minimum atomic E-state index is -0.633. The van der Waals surface area contributed by atoms with E-state index in [4.69, 9.17) is 4.74 Å². The van der Waals surface area contributed by atoms with Gasteiger partial charge in [-0.3, -0.25) is 0 Å². The van der Waals surface area contributed by atoms with E-state index >= 15 is 0 Å². The van der Waals surface area contributed by atoms with E-state index in [1.807, 2.05) is 109 Å². The number of benzene rings is 4. The van der Waals surface area contributed by atoms with Crippen LogP contribution >= 0.6 is 0 Å². The van der Waals surface area contributed by atoms with Crippen LogP contribution in [0, 0.1) is 6.07 Å². The summed E-state index contributed by atoms with van der Waals surface area (Å²) in [6.45, 7) is 4.46. The van der Waals surface area contributed by atoms with E-state index in [1.54, 1.807) is 0 Å². The average molecular weight is 707 g/mol. The van der Waals surface area contributed by atoms with Gasteiger partial charge in [-0.05, 0) is 39.9 Å². The number of aromatic nitrogens is 1. The molecule has 0 saturated heterocycles.